The highest BCUT2D eigenvalue weighted by molar-refractivity contribution is 5.76. The number of esters is 1. The Morgan fingerprint density at radius 2 is 1.94 bits per heavy atom. The van der Waals surface area contributed by atoms with Crippen molar-refractivity contribution in [3.05, 3.63) is 35.4 Å². The Morgan fingerprint density at radius 3 is 2.41 bits per heavy atom. The predicted octanol–water partition coefficient (Wildman–Crippen LogP) is 2.34. The molecule has 0 amide bonds. The van der Waals surface area contributed by atoms with Crippen LogP contribution in [0.4, 0.5) is 8.78 Å². The van der Waals surface area contributed by atoms with E-state index in [0.717, 1.165) is 12.1 Å². The largest absolute Gasteiger partial charge is 0.458 e. The first-order valence-corrected chi connectivity index (χ1v) is 5.06. The summed E-state index contributed by atoms with van der Waals surface area (Å²) < 4.78 is 30.8. The maximum atomic E-state index is 13.3. The zero-order chi connectivity index (χ0) is 13.2. The van der Waals surface area contributed by atoms with E-state index in [4.69, 9.17) is 4.74 Å². The van der Waals surface area contributed by atoms with Crippen LogP contribution in [0.15, 0.2) is 18.2 Å². The number of ether oxygens (including phenoxy) is 1. The number of benzene rings is 1. The lowest BCUT2D eigenvalue weighted by atomic mass is 10.1. The number of carbonyl (C=O) groups is 1. The van der Waals surface area contributed by atoms with Crippen LogP contribution in [0.1, 0.15) is 32.4 Å². The summed E-state index contributed by atoms with van der Waals surface area (Å²) in [5.41, 5.74) is -1.09. The monoisotopic (exact) mass is 244 g/mol. The smallest absolute Gasteiger partial charge is 0.340 e. The molecule has 0 radical (unpaired) electrons. The predicted molar refractivity (Wildman–Crippen MR) is 57.2 cm³/mol. The molecule has 0 aliphatic rings. The molecule has 17 heavy (non-hydrogen) atoms. The van der Waals surface area contributed by atoms with Crippen molar-refractivity contribution in [3.63, 3.8) is 0 Å². The molecule has 0 bridgehead atoms. The minimum atomic E-state index is -1.75. The fraction of sp³-hybridized carbons (Fsp3) is 0.417. The fourth-order valence-corrected chi connectivity index (χ4v) is 1.21. The molecule has 1 atom stereocenters. The molecular formula is C12H14F2O3. The number of carbonyl (C=O) groups excluding carboxylic acids is 1. The molecule has 94 valence electrons. The van der Waals surface area contributed by atoms with Gasteiger partial charge in [0.15, 0.2) is 6.10 Å². The van der Waals surface area contributed by atoms with E-state index in [2.05, 4.69) is 0 Å². The average Bonchev–Trinajstić information content (AvgIpc) is 2.14. The van der Waals surface area contributed by atoms with Crippen molar-refractivity contribution in [2.24, 2.45) is 0 Å². The number of halogens is 2. The first-order valence-electron chi connectivity index (χ1n) is 5.06. The van der Waals surface area contributed by atoms with E-state index in [1.54, 1.807) is 20.8 Å². The Bertz CT molecular complexity index is 424. The summed E-state index contributed by atoms with van der Waals surface area (Å²) in [4.78, 5) is 11.5. The van der Waals surface area contributed by atoms with E-state index >= 15 is 0 Å². The van der Waals surface area contributed by atoms with Crippen molar-refractivity contribution in [1.82, 2.24) is 0 Å². The van der Waals surface area contributed by atoms with E-state index in [1.807, 2.05) is 0 Å². The zero-order valence-electron chi connectivity index (χ0n) is 9.83. The van der Waals surface area contributed by atoms with Gasteiger partial charge in [-0.2, -0.15) is 0 Å². The van der Waals surface area contributed by atoms with Crippen LogP contribution in [0.25, 0.3) is 0 Å². The number of rotatable bonds is 2. The highest BCUT2D eigenvalue weighted by Crippen LogP contribution is 2.21. The van der Waals surface area contributed by atoms with Crippen LogP contribution in [-0.2, 0) is 9.53 Å². The Balaban J connectivity index is 2.89. The van der Waals surface area contributed by atoms with Crippen molar-refractivity contribution in [1.29, 1.82) is 0 Å². The van der Waals surface area contributed by atoms with E-state index in [9.17, 15) is 18.7 Å². The van der Waals surface area contributed by atoms with Crippen molar-refractivity contribution >= 4 is 5.97 Å². The third-order valence-corrected chi connectivity index (χ3v) is 1.89. The quantitative estimate of drug-likeness (QED) is 0.812. The van der Waals surface area contributed by atoms with Gasteiger partial charge in [0, 0.05) is 11.6 Å². The third kappa shape index (κ3) is 3.78. The second-order valence-corrected chi connectivity index (χ2v) is 4.60. The summed E-state index contributed by atoms with van der Waals surface area (Å²) in [6.45, 7) is 4.87. The molecule has 0 aliphatic heterocycles. The lowest BCUT2D eigenvalue weighted by Crippen LogP contribution is -2.28. The van der Waals surface area contributed by atoms with Gasteiger partial charge >= 0.3 is 5.97 Å². The number of aliphatic hydroxyl groups excluding tert-OH is 1. The summed E-state index contributed by atoms with van der Waals surface area (Å²) in [7, 11) is 0. The topological polar surface area (TPSA) is 46.5 Å². The van der Waals surface area contributed by atoms with Crippen LogP contribution < -0.4 is 0 Å². The molecule has 1 N–H and O–H groups in total. The van der Waals surface area contributed by atoms with E-state index in [1.165, 1.54) is 0 Å². The lowest BCUT2D eigenvalue weighted by Gasteiger charge is -2.21. The molecular weight excluding hydrogens is 230 g/mol. The normalized spacial score (nSPS) is 13.3. The maximum Gasteiger partial charge on any atom is 0.340 e. The summed E-state index contributed by atoms with van der Waals surface area (Å²) in [6, 6.07) is 2.58. The van der Waals surface area contributed by atoms with Gasteiger partial charge in [-0.05, 0) is 32.9 Å². The highest BCUT2D eigenvalue weighted by Gasteiger charge is 2.26. The first-order chi connectivity index (χ1) is 7.70. The highest BCUT2D eigenvalue weighted by atomic mass is 19.1. The Morgan fingerprint density at radius 1 is 1.35 bits per heavy atom. The molecule has 0 spiro atoms. The Labute approximate surface area is 98.0 Å². The first kappa shape index (κ1) is 13.6. The molecule has 1 rings (SSSR count). The van der Waals surface area contributed by atoms with Crippen LogP contribution >= 0.6 is 0 Å². The fourth-order valence-electron chi connectivity index (χ4n) is 1.21. The van der Waals surface area contributed by atoms with Crippen LogP contribution in [0.3, 0.4) is 0 Å². The summed E-state index contributed by atoms with van der Waals surface area (Å²) in [5, 5.41) is 9.59. The van der Waals surface area contributed by atoms with Gasteiger partial charge in [0.1, 0.15) is 17.2 Å². The van der Waals surface area contributed by atoms with Crippen LogP contribution in [0.5, 0.6) is 0 Å². The zero-order valence-corrected chi connectivity index (χ0v) is 9.83. The van der Waals surface area contributed by atoms with Gasteiger partial charge in [-0.25, -0.2) is 13.6 Å². The van der Waals surface area contributed by atoms with Gasteiger partial charge in [0.2, 0.25) is 0 Å². The van der Waals surface area contributed by atoms with Gasteiger partial charge in [-0.1, -0.05) is 0 Å². The summed E-state index contributed by atoms with van der Waals surface area (Å²) in [6.07, 6.45) is -1.75. The van der Waals surface area contributed by atoms with Crippen molar-refractivity contribution < 1.29 is 23.4 Å². The Hall–Kier alpha value is -1.49. The second-order valence-electron chi connectivity index (χ2n) is 4.60. The molecule has 1 aromatic carbocycles. The third-order valence-electron chi connectivity index (χ3n) is 1.89. The Kier molecular flexibility index (Phi) is 3.83. The van der Waals surface area contributed by atoms with Crippen molar-refractivity contribution in [3.8, 4) is 0 Å². The molecule has 5 heteroatoms. The van der Waals surface area contributed by atoms with Crippen LogP contribution in [0, 0.1) is 11.6 Å². The van der Waals surface area contributed by atoms with Gasteiger partial charge in [-0.3, -0.25) is 0 Å². The number of hydrogen-bond donors (Lipinski definition) is 1. The summed E-state index contributed by atoms with van der Waals surface area (Å²) in [5.74, 6) is -2.73. The van der Waals surface area contributed by atoms with Gasteiger partial charge in [-0.15, -0.1) is 0 Å². The van der Waals surface area contributed by atoms with Gasteiger partial charge in [0.25, 0.3) is 0 Å². The van der Waals surface area contributed by atoms with E-state index in [0.29, 0.717) is 6.07 Å². The molecule has 0 fully saturated rings. The van der Waals surface area contributed by atoms with Crippen molar-refractivity contribution in [2.45, 2.75) is 32.5 Å². The van der Waals surface area contributed by atoms with E-state index < -0.39 is 29.3 Å². The van der Waals surface area contributed by atoms with Gasteiger partial charge in [0.05, 0.1) is 0 Å². The maximum absolute atomic E-state index is 13.3. The second kappa shape index (κ2) is 4.79. The number of hydrogen-bond acceptors (Lipinski definition) is 3. The summed E-state index contributed by atoms with van der Waals surface area (Å²) >= 11 is 0. The van der Waals surface area contributed by atoms with E-state index in [-0.39, 0.29) is 5.56 Å². The number of aliphatic hydroxyl groups is 1. The molecule has 0 heterocycles. The molecule has 0 aliphatic carbocycles. The molecule has 3 nitrogen and oxygen atoms in total. The molecule has 0 saturated heterocycles. The average molecular weight is 244 g/mol. The minimum Gasteiger partial charge on any atom is -0.458 e. The molecule has 1 unspecified atom stereocenters. The molecule has 0 aromatic heterocycles. The lowest BCUT2D eigenvalue weighted by molar-refractivity contribution is -0.165. The molecule has 0 saturated carbocycles. The van der Waals surface area contributed by atoms with Crippen molar-refractivity contribution in [2.75, 3.05) is 0 Å². The van der Waals surface area contributed by atoms with Crippen LogP contribution in [-0.4, -0.2) is 16.7 Å². The molecule has 1 aromatic rings. The van der Waals surface area contributed by atoms with Crippen LogP contribution in [0.2, 0.25) is 0 Å². The SMILES string of the molecule is CC(C)(C)OC(=O)C(O)c1ccc(F)cc1F. The minimum absolute atomic E-state index is 0.305. The van der Waals surface area contributed by atoms with Gasteiger partial charge < -0.3 is 9.84 Å². The standard InChI is InChI=1S/C12H14F2O3/c1-12(2,3)17-11(16)10(15)8-5-4-7(13)6-9(8)14/h4-6,10,15H,1-3H3.